The van der Waals surface area contributed by atoms with E-state index in [-0.39, 0.29) is 5.91 Å². The molecule has 1 aliphatic heterocycles. The Morgan fingerprint density at radius 3 is 2.67 bits per heavy atom. The second-order valence-corrected chi connectivity index (χ2v) is 9.16. The average Bonchev–Trinajstić information content (AvgIpc) is 3.22. The van der Waals surface area contributed by atoms with Gasteiger partial charge >= 0.3 is 0 Å². The van der Waals surface area contributed by atoms with Crippen molar-refractivity contribution in [3.05, 3.63) is 64.1 Å². The Morgan fingerprint density at radius 2 is 1.90 bits per heavy atom. The minimum absolute atomic E-state index is 0.109. The molecule has 0 spiro atoms. The Balaban J connectivity index is 1.24. The summed E-state index contributed by atoms with van der Waals surface area (Å²) >= 11 is 4.73. The molecule has 1 amide bonds. The van der Waals surface area contributed by atoms with Crippen LogP contribution in [-0.4, -0.2) is 57.8 Å². The van der Waals surface area contributed by atoms with E-state index in [4.69, 9.17) is 4.42 Å². The van der Waals surface area contributed by atoms with Gasteiger partial charge in [-0.25, -0.2) is 0 Å². The number of halogens is 1. The quantitative estimate of drug-likeness (QED) is 0.485. The fourth-order valence-electron chi connectivity index (χ4n) is 3.45. The number of carbonyl (C=O) groups excluding carboxylic acids is 1. The summed E-state index contributed by atoms with van der Waals surface area (Å²) in [6, 6.07) is 16.3. The number of rotatable bonds is 6. The Hall–Kier alpha value is -2.16. The van der Waals surface area contributed by atoms with E-state index in [1.54, 1.807) is 0 Å². The van der Waals surface area contributed by atoms with Gasteiger partial charge in [0.15, 0.2) is 0 Å². The predicted molar refractivity (Wildman–Crippen MR) is 121 cm³/mol. The highest BCUT2D eigenvalue weighted by Crippen LogP contribution is 2.25. The highest BCUT2D eigenvalue weighted by molar-refractivity contribution is 9.10. The molecule has 30 heavy (non-hydrogen) atoms. The van der Waals surface area contributed by atoms with Gasteiger partial charge in [0.2, 0.25) is 11.8 Å². The number of thioether (sulfide) groups is 1. The molecule has 0 N–H and O–H groups in total. The number of hydrogen-bond acceptors (Lipinski definition) is 6. The van der Waals surface area contributed by atoms with Crippen molar-refractivity contribution in [1.29, 1.82) is 0 Å². The molecule has 3 aromatic rings. The van der Waals surface area contributed by atoms with E-state index in [1.165, 1.54) is 22.9 Å². The van der Waals surface area contributed by atoms with Crippen LogP contribution in [0.2, 0.25) is 0 Å². The molecule has 1 aromatic heterocycles. The number of hydrogen-bond donors (Lipinski definition) is 0. The Bertz CT molecular complexity index is 1020. The van der Waals surface area contributed by atoms with Gasteiger partial charge in [-0.15, -0.1) is 10.2 Å². The fraction of sp³-hybridized carbons (Fsp3) is 0.318. The van der Waals surface area contributed by atoms with Gasteiger partial charge in [-0.1, -0.05) is 63.6 Å². The van der Waals surface area contributed by atoms with Crippen LogP contribution in [0, 0.1) is 6.92 Å². The maximum absolute atomic E-state index is 12.6. The van der Waals surface area contributed by atoms with Crippen LogP contribution >= 0.6 is 27.7 Å². The van der Waals surface area contributed by atoms with E-state index in [0.29, 0.717) is 16.9 Å². The normalized spacial score (nSPS) is 14.8. The lowest BCUT2D eigenvalue weighted by molar-refractivity contribution is -0.130. The summed E-state index contributed by atoms with van der Waals surface area (Å²) in [7, 11) is 0. The smallest absolute Gasteiger partial charge is 0.277 e. The van der Waals surface area contributed by atoms with Gasteiger partial charge in [0.25, 0.3) is 5.22 Å². The SMILES string of the molecule is Cc1cccc(CN2CCN(C(=O)CSc3nnc(-c4cccc(Br)c4)o3)CC2)c1. The minimum atomic E-state index is 0.109. The first-order valence-electron chi connectivity index (χ1n) is 9.85. The average molecular weight is 487 g/mol. The molecule has 0 aliphatic carbocycles. The van der Waals surface area contributed by atoms with Crippen molar-refractivity contribution >= 4 is 33.6 Å². The van der Waals surface area contributed by atoms with Crippen molar-refractivity contribution in [2.75, 3.05) is 31.9 Å². The van der Waals surface area contributed by atoms with Crippen LogP contribution in [0.3, 0.4) is 0 Å². The summed E-state index contributed by atoms with van der Waals surface area (Å²) in [6.45, 7) is 6.31. The van der Waals surface area contributed by atoms with Crippen LogP contribution < -0.4 is 0 Å². The van der Waals surface area contributed by atoms with Crippen LogP contribution in [0.4, 0.5) is 0 Å². The van der Waals surface area contributed by atoms with Crippen LogP contribution in [-0.2, 0) is 11.3 Å². The number of amides is 1. The molecule has 1 saturated heterocycles. The highest BCUT2D eigenvalue weighted by atomic mass is 79.9. The number of piperazine rings is 1. The zero-order chi connectivity index (χ0) is 20.9. The third-order valence-corrected chi connectivity index (χ3v) is 6.31. The number of carbonyl (C=O) groups is 1. The maximum Gasteiger partial charge on any atom is 0.277 e. The number of nitrogens with zero attached hydrogens (tertiary/aromatic N) is 4. The number of benzene rings is 2. The molecular weight excluding hydrogens is 464 g/mol. The van der Waals surface area contributed by atoms with E-state index in [9.17, 15) is 4.79 Å². The Labute approximate surface area is 188 Å². The number of aryl methyl sites for hydroxylation is 1. The van der Waals surface area contributed by atoms with E-state index < -0.39 is 0 Å². The van der Waals surface area contributed by atoms with Crippen LogP contribution in [0.1, 0.15) is 11.1 Å². The molecule has 8 heteroatoms. The zero-order valence-electron chi connectivity index (χ0n) is 16.8. The molecule has 1 aliphatic rings. The van der Waals surface area contributed by atoms with Crippen LogP contribution in [0.5, 0.6) is 0 Å². The molecule has 1 fully saturated rings. The monoisotopic (exact) mass is 486 g/mol. The van der Waals surface area contributed by atoms with Gasteiger partial charge in [0, 0.05) is 42.8 Å². The van der Waals surface area contributed by atoms with Crippen molar-refractivity contribution in [3.63, 3.8) is 0 Å². The molecule has 2 heterocycles. The maximum atomic E-state index is 12.6. The zero-order valence-corrected chi connectivity index (χ0v) is 19.2. The van der Waals surface area contributed by atoms with Crippen LogP contribution in [0.15, 0.2) is 62.6 Å². The van der Waals surface area contributed by atoms with Crippen molar-refractivity contribution < 1.29 is 9.21 Å². The van der Waals surface area contributed by atoms with Crippen molar-refractivity contribution in [3.8, 4) is 11.5 Å². The molecule has 0 radical (unpaired) electrons. The first-order chi connectivity index (χ1) is 14.6. The van der Waals surface area contributed by atoms with Crippen molar-refractivity contribution in [2.24, 2.45) is 0 Å². The summed E-state index contributed by atoms with van der Waals surface area (Å²) in [5, 5.41) is 8.55. The third kappa shape index (κ3) is 5.50. The van der Waals surface area contributed by atoms with Gasteiger partial charge in [-0.05, 0) is 30.7 Å². The van der Waals surface area contributed by atoms with E-state index in [0.717, 1.165) is 42.8 Å². The number of aromatic nitrogens is 2. The topological polar surface area (TPSA) is 62.5 Å². The van der Waals surface area contributed by atoms with Crippen molar-refractivity contribution in [2.45, 2.75) is 18.7 Å². The van der Waals surface area contributed by atoms with Gasteiger partial charge < -0.3 is 9.32 Å². The minimum Gasteiger partial charge on any atom is -0.411 e. The summed E-state index contributed by atoms with van der Waals surface area (Å²) in [4.78, 5) is 16.9. The largest absolute Gasteiger partial charge is 0.411 e. The van der Waals surface area contributed by atoms with E-state index in [1.807, 2.05) is 29.2 Å². The fourth-order valence-corrected chi connectivity index (χ4v) is 4.51. The predicted octanol–water partition coefficient (Wildman–Crippen LogP) is 4.24. The standard InChI is InChI=1S/C22H23BrN4O2S/c1-16-4-2-5-17(12-16)14-26-8-10-27(11-9-26)20(28)15-30-22-25-24-21(29-22)18-6-3-7-19(23)13-18/h2-7,12-13H,8-11,14-15H2,1H3. The molecule has 156 valence electrons. The molecule has 0 saturated carbocycles. The molecular formula is C22H23BrN4O2S. The Kier molecular flexibility index (Phi) is 6.86. The molecule has 0 bridgehead atoms. The third-order valence-electron chi connectivity index (χ3n) is 5.01. The van der Waals surface area contributed by atoms with E-state index in [2.05, 4.69) is 62.2 Å². The molecule has 0 atom stereocenters. The van der Waals surface area contributed by atoms with Gasteiger partial charge in [-0.2, -0.15) is 0 Å². The van der Waals surface area contributed by atoms with Gasteiger partial charge in [0.05, 0.1) is 5.75 Å². The molecule has 2 aromatic carbocycles. The Morgan fingerprint density at radius 1 is 1.10 bits per heavy atom. The summed E-state index contributed by atoms with van der Waals surface area (Å²) in [5.74, 6) is 0.867. The van der Waals surface area contributed by atoms with Crippen molar-refractivity contribution in [1.82, 2.24) is 20.0 Å². The summed E-state index contributed by atoms with van der Waals surface area (Å²) in [5.41, 5.74) is 3.45. The first kappa shape index (κ1) is 21.1. The lowest BCUT2D eigenvalue weighted by Gasteiger charge is -2.34. The molecule has 0 unspecified atom stereocenters. The van der Waals surface area contributed by atoms with Crippen LogP contribution in [0.25, 0.3) is 11.5 Å². The second-order valence-electron chi connectivity index (χ2n) is 7.32. The second kappa shape index (κ2) is 9.76. The van der Waals surface area contributed by atoms with Gasteiger partial charge in [0.1, 0.15) is 0 Å². The van der Waals surface area contributed by atoms with Gasteiger partial charge in [-0.3, -0.25) is 9.69 Å². The highest BCUT2D eigenvalue weighted by Gasteiger charge is 2.22. The molecule has 6 nitrogen and oxygen atoms in total. The van der Waals surface area contributed by atoms with E-state index >= 15 is 0 Å². The summed E-state index contributed by atoms with van der Waals surface area (Å²) < 4.78 is 6.64. The lowest BCUT2D eigenvalue weighted by atomic mass is 10.1. The lowest BCUT2D eigenvalue weighted by Crippen LogP contribution is -2.48. The molecule has 4 rings (SSSR count). The summed E-state index contributed by atoms with van der Waals surface area (Å²) in [6.07, 6.45) is 0. The first-order valence-corrected chi connectivity index (χ1v) is 11.6.